The van der Waals surface area contributed by atoms with Crippen molar-refractivity contribution in [2.45, 2.75) is 33.1 Å². The number of hydrazone groups is 1. The first kappa shape index (κ1) is 11.8. The van der Waals surface area contributed by atoms with Crippen LogP contribution in [0.3, 0.4) is 0 Å². The van der Waals surface area contributed by atoms with E-state index in [4.69, 9.17) is 0 Å². The summed E-state index contributed by atoms with van der Waals surface area (Å²) < 4.78 is 0. The van der Waals surface area contributed by atoms with E-state index < -0.39 is 0 Å². The third-order valence-corrected chi connectivity index (χ3v) is 2.24. The van der Waals surface area contributed by atoms with Crippen molar-refractivity contribution in [3.63, 3.8) is 0 Å². The van der Waals surface area contributed by atoms with Crippen molar-refractivity contribution in [3.05, 3.63) is 35.4 Å². The van der Waals surface area contributed by atoms with E-state index in [1.165, 1.54) is 11.1 Å². The first-order chi connectivity index (χ1) is 7.33. The van der Waals surface area contributed by atoms with Crippen molar-refractivity contribution in [3.8, 4) is 0 Å². The summed E-state index contributed by atoms with van der Waals surface area (Å²) in [7, 11) is 0. The lowest BCUT2D eigenvalue weighted by Crippen LogP contribution is -2.08. The number of aryl methyl sites for hydroxylation is 2. The number of nitrogens with one attached hydrogen (secondary N) is 1. The van der Waals surface area contributed by atoms with Crippen LogP contribution in [-0.4, -0.2) is 12.8 Å². The molecule has 0 aromatic heterocycles. The van der Waals surface area contributed by atoms with Gasteiger partial charge < -0.3 is 5.43 Å². The van der Waals surface area contributed by atoms with Crippen LogP contribution in [0.5, 0.6) is 0 Å². The Morgan fingerprint density at radius 2 is 2.00 bits per heavy atom. The van der Waals surface area contributed by atoms with Crippen molar-refractivity contribution >= 4 is 6.21 Å². The van der Waals surface area contributed by atoms with Crippen LogP contribution in [0.4, 0.5) is 0 Å². The molecular weight excluding hydrogens is 184 g/mol. The van der Waals surface area contributed by atoms with E-state index in [-0.39, 0.29) is 0 Å². The molecule has 2 heteroatoms. The quantitative estimate of drug-likeness (QED) is 0.430. The lowest BCUT2D eigenvalue weighted by atomic mass is 10.1. The molecule has 1 rings (SSSR count). The normalized spacial score (nSPS) is 10.8. The summed E-state index contributed by atoms with van der Waals surface area (Å²) in [5.41, 5.74) is 5.77. The standard InChI is InChI=1S/C13H20N2/c1-3-10-14-15-11-4-5-13-8-6-12(2)7-9-13/h6-10,15H,3-5,11H2,1-2H3. The molecule has 0 heterocycles. The minimum absolute atomic E-state index is 0.949. The highest BCUT2D eigenvalue weighted by atomic mass is 15.3. The second kappa shape index (κ2) is 7.04. The van der Waals surface area contributed by atoms with Crippen LogP contribution in [-0.2, 0) is 6.42 Å². The lowest BCUT2D eigenvalue weighted by molar-refractivity contribution is 0.683. The molecule has 0 atom stereocenters. The van der Waals surface area contributed by atoms with Crippen LogP contribution in [0.1, 0.15) is 30.9 Å². The molecule has 0 saturated carbocycles. The molecule has 0 aliphatic carbocycles. The first-order valence-electron chi connectivity index (χ1n) is 5.63. The van der Waals surface area contributed by atoms with E-state index in [1.54, 1.807) is 0 Å². The van der Waals surface area contributed by atoms with Crippen LogP contribution in [0.25, 0.3) is 0 Å². The molecule has 0 unspecified atom stereocenters. The number of hydrogen-bond acceptors (Lipinski definition) is 2. The maximum atomic E-state index is 4.06. The number of benzene rings is 1. The predicted molar refractivity (Wildman–Crippen MR) is 66.3 cm³/mol. The Labute approximate surface area is 92.4 Å². The lowest BCUT2D eigenvalue weighted by Gasteiger charge is -2.02. The molecule has 0 spiro atoms. The fraction of sp³-hybridized carbons (Fsp3) is 0.462. The third kappa shape index (κ3) is 5.21. The summed E-state index contributed by atoms with van der Waals surface area (Å²) in [6.45, 7) is 5.15. The Hall–Kier alpha value is -1.31. The van der Waals surface area contributed by atoms with Gasteiger partial charge in [-0.05, 0) is 31.7 Å². The zero-order valence-electron chi connectivity index (χ0n) is 9.66. The Morgan fingerprint density at radius 1 is 1.27 bits per heavy atom. The van der Waals surface area contributed by atoms with Crippen LogP contribution >= 0.6 is 0 Å². The molecule has 1 aromatic rings. The van der Waals surface area contributed by atoms with E-state index >= 15 is 0 Å². The van der Waals surface area contributed by atoms with Crippen molar-refractivity contribution in [2.24, 2.45) is 5.10 Å². The highest BCUT2D eigenvalue weighted by molar-refractivity contribution is 5.55. The molecule has 2 nitrogen and oxygen atoms in total. The van der Waals surface area contributed by atoms with Gasteiger partial charge in [-0.1, -0.05) is 36.8 Å². The Kier molecular flexibility index (Phi) is 5.52. The second-order valence-corrected chi connectivity index (χ2v) is 3.72. The number of hydrogen-bond donors (Lipinski definition) is 1. The van der Waals surface area contributed by atoms with Crippen molar-refractivity contribution < 1.29 is 0 Å². The van der Waals surface area contributed by atoms with Gasteiger partial charge in [0.15, 0.2) is 0 Å². The fourth-order valence-electron chi connectivity index (χ4n) is 1.35. The largest absolute Gasteiger partial charge is 0.310 e. The molecule has 0 amide bonds. The summed E-state index contributed by atoms with van der Waals surface area (Å²) in [5, 5.41) is 4.06. The first-order valence-corrected chi connectivity index (χ1v) is 5.63. The molecular formula is C13H20N2. The molecule has 82 valence electrons. The van der Waals surface area contributed by atoms with E-state index in [0.29, 0.717) is 0 Å². The number of nitrogens with zero attached hydrogens (tertiary/aromatic N) is 1. The average Bonchev–Trinajstić information content (AvgIpc) is 2.26. The zero-order valence-corrected chi connectivity index (χ0v) is 9.66. The smallest absolute Gasteiger partial charge is 0.0332 e. The molecule has 0 radical (unpaired) electrons. The minimum atomic E-state index is 0.949. The summed E-state index contributed by atoms with van der Waals surface area (Å²) in [5.74, 6) is 0. The minimum Gasteiger partial charge on any atom is -0.310 e. The van der Waals surface area contributed by atoms with Crippen LogP contribution in [0.2, 0.25) is 0 Å². The predicted octanol–water partition coefficient (Wildman–Crippen LogP) is 2.91. The van der Waals surface area contributed by atoms with Crippen LogP contribution in [0, 0.1) is 6.92 Å². The molecule has 0 fully saturated rings. The van der Waals surface area contributed by atoms with Crippen LogP contribution in [0.15, 0.2) is 29.4 Å². The highest BCUT2D eigenvalue weighted by Crippen LogP contribution is 2.05. The van der Waals surface area contributed by atoms with Gasteiger partial charge in [0, 0.05) is 12.8 Å². The molecule has 0 saturated heterocycles. The van der Waals surface area contributed by atoms with E-state index in [0.717, 1.165) is 25.8 Å². The van der Waals surface area contributed by atoms with Gasteiger partial charge in [0.05, 0.1) is 0 Å². The van der Waals surface area contributed by atoms with Crippen molar-refractivity contribution in [2.75, 3.05) is 6.54 Å². The van der Waals surface area contributed by atoms with E-state index in [9.17, 15) is 0 Å². The van der Waals surface area contributed by atoms with Gasteiger partial charge in [-0.3, -0.25) is 0 Å². The molecule has 15 heavy (non-hydrogen) atoms. The maximum absolute atomic E-state index is 4.06. The summed E-state index contributed by atoms with van der Waals surface area (Å²) in [6, 6.07) is 8.73. The summed E-state index contributed by atoms with van der Waals surface area (Å²) >= 11 is 0. The topological polar surface area (TPSA) is 24.4 Å². The van der Waals surface area contributed by atoms with Crippen molar-refractivity contribution in [1.29, 1.82) is 0 Å². The van der Waals surface area contributed by atoms with Crippen LogP contribution < -0.4 is 5.43 Å². The molecule has 0 aliphatic heterocycles. The molecule has 1 aromatic carbocycles. The van der Waals surface area contributed by atoms with E-state index in [2.05, 4.69) is 48.6 Å². The van der Waals surface area contributed by atoms with Gasteiger partial charge >= 0.3 is 0 Å². The van der Waals surface area contributed by atoms with Gasteiger partial charge in [0.1, 0.15) is 0 Å². The van der Waals surface area contributed by atoms with Gasteiger partial charge in [0.25, 0.3) is 0 Å². The van der Waals surface area contributed by atoms with E-state index in [1.807, 2.05) is 6.21 Å². The fourth-order valence-corrected chi connectivity index (χ4v) is 1.35. The summed E-state index contributed by atoms with van der Waals surface area (Å²) in [6.07, 6.45) is 5.13. The number of rotatable bonds is 6. The SMILES string of the molecule is CCC=NNCCCc1ccc(C)cc1. The molecule has 0 bridgehead atoms. The highest BCUT2D eigenvalue weighted by Gasteiger charge is 1.91. The average molecular weight is 204 g/mol. The molecule has 1 N–H and O–H groups in total. The maximum Gasteiger partial charge on any atom is 0.0332 e. The monoisotopic (exact) mass is 204 g/mol. The van der Waals surface area contributed by atoms with Gasteiger partial charge in [0.2, 0.25) is 0 Å². The van der Waals surface area contributed by atoms with Gasteiger partial charge in [-0.15, -0.1) is 0 Å². The molecule has 0 aliphatic rings. The third-order valence-electron chi connectivity index (χ3n) is 2.24. The van der Waals surface area contributed by atoms with Crippen molar-refractivity contribution in [1.82, 2.24) is 5.43 Å². The Bertz CT molecular complexity index is 288. The van der Waals surface area contributed by atoms with Gasteiger partial charge in [-0.2, -0.15) is 5.10 Å². The zero-order chi connectivity index (χ0) is 10.9. The second-order valence-electron chi connectivity index (χ2n) is 3.72. The Balaban J connectivity index is 2.15. The summed E-state index contributed by atoms with van der Waals surface area (Å²) in [4.78, 5) is 0. The Morgan fingerprint density at radius 3 is 2.67 bits per heavy atom. The van der Waals surface area contributed by atoms with Gasteiger partial charge in [-0.25, -0.2) is 0 Å².